The monoisotopic (exact) mass is 438 g/mol. The van der Waals surface area contributed by atoms with Crippen LogP contribution in [0.3, 0.4) is 0 Å². The van der Waals surface area contributed by atoms with Crippen LogP contribution < -0.4 is 5.32 Å². The molecule has 4 nitrogen and oxygen atoms in total. The Balaban J connectivity index is 1.76. The molecule has 2 aromatic rings. The summed E-state index contributed by atoms with van der Waals surface area (Å²) in [7, 11) is 0. The van der Waals surface area contributed by atoms with Gasteiger partial charge in [0.05, 0.1) is 10.7 Å². The normalized spacial score (nSPS) is 14.5. The zero-order valence-corrected chi connectivity index (χ0v) is 17.2. The molecule has 0 fully saturated rings. The molecule has 0 aromatic heterocycles. The SMILES string of the molecule is CC(=O)c1ccc(CNc2c(Cl)ccc3c2CCCN(C(=O)C(F)(F)F)CC3)cc1. The average Bonchev–Trinajstić information content (AvgIpc) is 2.67. The largest absolute Gasteiger partial charge is 0.471 e. The Labute approximate surface area is 178 Å². The number of carbonyl (C=O) groups is 2. The van der Waals surface area contributed by atoms with Crippen LogP contribution in [0, 0.1) is 0 Å². The van der Waals surface area contributed by atoms with E-state index in [2.05, 4.69) is 5.32 Å². The molecule has 0 spiro atoms. The molecule has 30 heavy (non-hydrogen) atoms. The van der Waals surface area contributed by atoms with Crippen molar-refractivity contribution in [2.75, 3.05) is 18.4 Å². The maximum absolute atomic E-state index is 12.8. The molecular weight excluding hydrogens is 417 g/mol. The Bertz CT molecular complexity index is 943. The average molecular weight is 439 g/mol. The van der Waals surface area contributed by atoms with Gasteiger partial charge in [0.15, 0.2) is 5.78 Å². The van der Waals surface area contributed by atoms with E-state index in [0.29, 0.717) is 36.4 Å². The van der Waals surface area contributed by atoms with Gasteiger partial charge in [-0.05, 0) is 48.9 Å². The van der Waals surface area contributed by atoms with Crippen LogP contribution in [0.4, 0.5) is 18.9 Å². The molecule has 160 valence electrons. The molecule has 0 aliphatic carbocycles. The van der Waals surface area contributed by atoms with Crippen LogP contribution in [0.5, 0.6) is 0 Å². The number of Topliss-reactive ketones (excluding diaryl/α,β-unsaturated/α-hetero) is 1. The summed E-state index contributed by atoms with van der Waals surface area (Å²) in [6, 6.07) is 10.8. The van der Waals surface area contributed by atoms with Crippen LogP contribution in [0.2, 0.25) is 5.02 Å². The summed E-state index contributed by atoms with van der Waals surface area (Å²) in [4.78, 5) is 23.9. The molecule has 0 atom stereocenters. The number of ketones is 1. The summed E-state index contributed by atoms with van der Waals surface area (Å²) in [6.07, 6.45) is -3.59. The lowest BCUT2D eigenvalue weighted by molar-refractivity contribution is -0.185. The number of hydrogen-bond donors (Lipinski definition) is 1. The van der Waals surface area contributed by atoms with E-state index in [1.165, 1.54) is 6.92 Å². The maximum Gasteiger partial charge on any atom is 0.471 e. The Morgan fingerprint density at radius 3 is 2.40 bits per heavy atom. The maximum atomic E-state index is 12.8. The molecule has 1 aliphatic heterocycles. The third kappa shape index (κ3) is 5.14. The second-order valence-corrected chi connectivity index (χ2v) is 7.72. The van der Waals surface area contributed by atoms with Gasteiger partial charge in [-0.1, -0.05) is 41.9 Å². The minimum Gasteiger partial charge on any atom is -0.380 e. The van der Waals surface area contributed by atoms with E-state index in [1.54, 1.807) is 18.2 Å². The summed E-state index contributed by atoms with van der Waals surface area (Å²) in [5, 5.41) is 3.87. The first-order valence-corrected chi connectivity index (χ1v) is 10.0. The van der Waals surface area contributed by atoms with Gasteiger partial charge in [-0.2, -0.15) is 13.2 Å². The molecule has 1 amide bonds. The number of carbonyl (C=O) groups excluding carboxylic acids is 2. The van der Waals surface area contributed by atoms with E-state index in [1.807, 2.05) is 18.2 Å². The van der Waals surface area contributed by atoms with Crippen molar-refractivity contribution in [3.8, 4) is 0 Å². The predicted molar refractivity (Wildman–Crippen MR) is 110 cm³/mol. The van der Waals surface area contributed by atoms with Crippen molar-refractivity contribution in [2.24, 2.45) is 0 Å². The highest BCUT2D eigenvalue weighted by atomic mass is 35.5. The van der Waals surface area contributed by atoms with Crippen molar-refractivity contribution < 1.29 is 22.8 Å². The molecule has 0 saturated carbocycles. The quantitative estimate of drug-likeness (QED) is 0.681. The molecule has 0 saturated heterocycles. The standard InChI is InChI=1S/C22H22ClF3N2O2/c1-14(29)16-6-4-15(5-7-16)13-27-20-18-3-2-11-28(21(30)22(24,25)26)12-10-17(18)8-9-19(20)23/h4-9,27H,2-3,10-13H2,1H3. The molecule has 0 unspecified atom stereocenters. The fraction of sp³-hybridized carbons (Fsp3) is 0.364. The number of nitrogens with zero attached hydrogens (tertiary/aromatic N) is 1. The van der Waals surface area contributed by atoms with Gasteiger partial charge in [-0.3, -0.25) is 9.59 Å². The van der Waals surface area contributed by atoms with Crippen LogP contribution >= 0.6 is 11.6 Å². The molecule has 8 heteroatoms. The van der Waals surface area contributed by atoms with E-state index < -0.39 is 12.1 Å². The molecule has 0 bridgehead atoms. The third-order valence-electron chi connectivity index (χ3n) is 5.22. The minimum atomic E-state index is -4.85. The Morgan fingerprint density at radius 1 is 1.07 bits per heavy atom. The first-order valence-electron chi connectivity index (χ1n) is 9.67. The molecule has 1 aliphatic rings. The van der Waals surface area contributed by atoms with Crippen molar-refractivity contribution >= 4 is 29.0 Å². The van der Waals surface area contributed by atoms with Gasteiger partial charge in [0.2, 0.25) is 0 Å². The number of anilines is 1. The number of nitrogens with one attached hydrogen (secondary N) is 1. The first-order chi connectivity index (χ1) is 14.2. The number of fused-ring (bicyclic) bond motifs is 1. The van der Waals surface area contributed by atoms with Gasteiger partial charge in [0.1, 0.15) is 0 Å². The zero-order valence-electron chi connectivity index (χ0n) is 16.5. The summed E-state index contributed by atoms with van der Waals surface area (Å²) in [5.74, 6) is -1.78. The van der Waals surface area contributed by atoms with E-state index in [-0.39, 0.29) is 18.9 Å². The van der Waals surface area contributed by atoms with E-state index in [0.717, 1.165) is 27.3 Å². The van der Waals surface area contributed by atoms with Crippen molar-refractivity contribution in [1.29, 1.82) is 0 Å². The van der Waals surface area contributed by atoms with Crippen LogP contribution in [0.1, 0.15) is 40.4 Å². The lowest BCUT2D eigenvalue weighted by Gasteiger charge is -2.28. The van der Waals surface area contributed by atoms with Crippen LogP contribution in [-0.2, 0) is 24.2 Å². The molecule has 2 aromatic carbocycles. The van der Waals surface area contributed by atoms with Gasteiger partial charge in [-0.15, -0.1) is 0 Å². The van der Waals surface area contributed by atoms with Crippen LogP contribution in [-0.4, -0.2) is 35.9 Å². The van der Waals surface area contributed by atoms with Crippen molar-refractivity contribution in [2.45, 2.75) is 38.9 Å². The van der Waals surface area contributed by atoms with Gasteiger partial charge >= 0.3 is 12.1 Å². The number of hydrogen-bond acceptors (Lipinski definition) is 3. The van der Waals surface area contributed by atoms with Gasteiger partial charge in [0.25, 0.3) is 0 Å². The third-order valence-corrected chi connectivity index (χ3v) is 5.54. The Hall–Kier alpha value is -2.54. The highest BCUT2D eigenvalue weighted by Gasteiger charge is 2.42. The summed E-state index contributed by atoms with van der Waals surface area (Å²) in [6.45, 7) is 2.07. The topological polar surface area (TPSA) is 49.4 Å². The van der Waals surface area contributed by atoms with Gasteiger partial charge in [-0.25, -0.2) is 0 Å². The van der Waals surface area contributed by atoms with Gasteiger partial charge in [0, 0.05) is 25.2 Å². The summed E-state index contributed by atoms with van der Waals surface area (Å²) < 4.78 is 38.3. The fourth-order valence-electron chi connectivity index (χ4n) is 3.62. The van der Waals surface area contributed by atoms with Gasteiger partial charge < -0.3 is 10.2 Å². The second kappa shape index (κ2) is 9.08. The Kier molecular flexibility index (Phi) is 6.71. The molecule has 1 heterocycles. The molecule has 3 rings (SSSR count). The smallest absolute Gasteiger partial charge is 0.380 e. The van der Waals surface area contributed by atoms with E-state index in [9.17, 15) is 22.8 Å². The molecule has 0 radical (unpaired) electrons. The number of rotatable bonds is 4. The lowest BCUT2D eigenvalue weighted by atomic mass is 9.96. The highest BCUT2D eigenvalue weighted by Crippen LogP contribution is 2.32. The zero-order chi connectivity index (χ0) is 21.9. The number of amides is 1. The summed E-state index contributed by atoms with van der Waals surface area (Å²) >= 11 is 6.41. The Morgan fingerprint density at radius 2 is 1.77 bits per heavy atom. The van der Waals surface area contributed by atoms with Crippen molar-refractivity contribution in [3.05, 3.63) is 63.7 Å². The molecule has 1 N–H and O–H groups in total. The minimum absolute atomic E-state index is 0.0000428. The van der Waals surface area contributed by atoms with Crippen molar-refractivity contribution in [1.82, 2.24) is 4.90 Å². The number of benzene rings is 2. The number of alkyl halides is 3. The van der Waals surface area contributed by atoms with Crippen molar-refractivity contribution in [3.63, 3.8) is 0 Å². The summed E-state index contributed by atoms with van der Waals surface area (Å²) in [5.41, 5.74) is 4.23. The molecular formula is C22H22ClF3N2O2. The predicted octanol–water partition coefficient (Wildman–Crippen LogP) is 5.03. The number of halogens is 4. The van der Waals surface area contributed by atoms with E-state index in [4.69, 9.17) is 11.6 Å². The second-order valence-electron chi connectivity index (χ2n) is 7.31. The van der Waals surface area contributed by atoms with Crippen LogP contribution in [0.25, 0.3) is 0 Å². The lowest BCUT2D eigenvalue weighted by Crippen LogP contribution is -2.43. The first kappa shape index (κ1) is 22.2. The fourth-order valence-corrected chi connectivity index (χ4v) is 3.86. The van der Waals surface area contributed by atoms with Crippen LogP contribution in [0.15, 0.2) is 36.4 Å². The highest BCUT2D eigenvalue weighted by molar-refractivity contribution is 6.33. The van der Waals surface area contributed by atoms with E-state index >= 15 is 0 Å².